The van der Waals surface area contributed by atoms with Crippen LogP contribution in [0.4, 0.5) is 8.78 Å². The molecule has 1 saturated carbocycles. The van der Waals surface area contributed by atoms with Gasteiger partial charge in [0.2, 0.25) is 0 Å². The van der Waals surface area contributed by atoms with E-state index in [1.807, 2.05) is 7.05 Å². The fourth-order valence-corrected chi connectivity index (χ4v) is 2.77. The molecule has 5 heteroatoms. The van der Waals surface area contributed by atoms with Crippen molar-refractivity contribution in [1.29, 1.82) is 0 Å². The van der Waals surface area contributed by atoms with Crippen LogP contribution in [0.25, 0.3) is 0 Å². The van der Waals surface area contributed by atoms with Crippen LogP contribution in [0.1, 0.15) is 24.4 Å². The first-order valence-electron chi connectivity index (χ1n) is 7.15. The van der Waals surface area contributed by atoms with E-state index < -0.39 is 11.6 Å². The number of rotatable bonds is 4. The third-order valence-corrected chi connectivity index (χ3v) is 4.07. The Hall–Kier alpha value is -1.04. The molecule has 2 atom stereocenters. The number of halogens is 2. The van der Waals surface area contributed by atoms with Gasteiger partial charge in [0.05, 0.1) is 18.8 Å². The molecule has 0 aromatic heterocycles. The fourth-order valence-electron chi connectivity index (χ4n) is 2.77. The maximum Gasteiger partial charge on any atom is 0.159 e. The molecule has 20 heavy (non-hydrogen) atoms. The first-order valence-corrected chi connectivity index (χ1v) is 7.15. The summed E-state index contributed by atoms with van der Waals surface area (Å²) in [5.74, 6) is -1.60. The molecule has 1 saturated heterocycles. The molecule has 1 aromatic rings. The highest BCUT2D eigenvalue weighted by Gasteiger charge is 2.33. The van der Waals surface area contributed by atoms with Gasteiger partial charge in [-0.2, -0.15) is 0 Å². The Morgan fingerprint density at radius 2 is 2.10 bits per heavy atom. The Bertz CT molecular complexity index is 479. The van der Waals surface area contributed by atoms with Crippen molar-refractivity contribution < 1.29 is 13.5 Å². The monoisotopic (exact) mass is 282 g/mol. The summed E-state index contributed by atoms with van der Waals surface area (Å²) in [4.78, 5) is 2.15. The minimum absolute atomic E-state index is 0.0285. The highest BCUT2D eigenvalue weighted by molar-refractivity contribution is 5.23. The Morgan fingerprint density at radius 3 is 2.80 bits per heavy atom. The van der Waals surface area contributed by atoms with E-state index in [2.05, 4.69) is 10.2 Å². The van der Waals surface area contributed by atoms with Crippen molar-refractivity contribution in [1.82, 2.24) is 10.2 Å². The third kappa shape index (κ3) is 3.00. The van der Waals surface area contributed by atoms with Crippen molar-refractivity contribution in [3.05, 3.63) is 35.4 Å². The Morgan fingerprint density at radius 1 is 1.30 bits per heavy atom. The third-order valence-electron chi connectivity index (χ3n) is 4.07. The Balaban J connectivity index is 1.78. The summed E-state index contributed by atoms with van der Waals surface area (Å²) >= 11 is 0. The predicted octanol–water partition coefficient (Wildman–Crippen LogP) is 2.09. The lowest BCUT2D eigenvalue weighted by molar-refractivity contribution is -0.0616. The molecule has 2 fully saturated rings. The highest BCUT2D eigenvalue weighted by Crippen LogP contribution is 2.30. The molecular weight excluding hydrogens is 262 g/mol. The van der Waals surface area contributed by atoms with Crippen LogP contribution >= 0.6 is 0 Å². The van der Waals surface area contributed by atoms with E-state index in [0.29, 0.717) is 12.6 Å². The molecule has 0 radical (unpaired) electrons. The van der Waals surface area contributed by atoms with Crippen LogP contribution in [0.15, 0.2) is 18.2 Å². The van der Waals surface area contributed by atoms with Gasteiger partial charge in [0.25, 0.3) is 0 Å². The van der Waals surface area contributed by atoms with Gasteiger partial charge in [-0.1, -0.05) is 6.07 Å². The van der Waals surface area contributed by atoms with Crippen LogP contribution in [0, 0.1) is 11.6 Å². The van der Waals surface area contributed by atoms with E-state index in [1.165, 1.54) is 25.0 Å². The van der Waals surface area contributed by atoms with E-state index in [0.717, 1.165) is 18.7 Å². The van der Waals surface area contributed by atoms with Crippen LogP contribution in [0.5, 0.6) is 0 Å². The molecule has 0 spiro atoms. The van der Waals surface area contributed by atoms with Crippen molar-refractivity contribution in [2.75, 3.05) is 26.7 Å². The van der Waals surface area contributed by atoms with Crippen molar-refractivity contribution in [3.8, 4) is 0 Å². The van der Waals surface area contributed by atoms with Crippen molar-refractivity contribution in [2.24, 2.45) is 0 Å². The summed E-state index contributed by atoms with van der Waals surface area (Å²) in [6.07, 6.45) is 2.41. The first kappa shape index (κ1) is 13.9. The average Bonchev–Trinajstić information content (AvgIpc) is 3.24. The second kappa shape index (κ2) is 5.76. The molecular formula is C15H20F2N2O. The van der Waals surface area contributed by atoms with Crippen LogP contribution in [-0.4, -0.2) is 43.8 Å². The van der Waals surface area contributed by atoms with Crippen LogP contribution < -0.4 is 5.32 Å². The minimum Gasteiger partial charge on any atom is -0.374 e. The van der Waals surface area contributed by atoms with Gasteiger partial charge in [0.1, 0.15) is 0 Å². The number of hydrogen-bond donors (Lipinski definition) is 1. The number of hydrogen-bond acceptors (Lipinski definition) is 3. The van der Waals surface area contributed by atoms with Crippen molar-refractivity contribution >= 4 is 0 Å². The molecule has 1 aromatic carbocycles. The van der Waals surface area contributed by atoms with Gasteiger partial charge >= 0.3 is 0 Å². The molecule has 1 heterocycles. The van der Waals surface area contributed by atoms with E-state index in [4.69, 9.17) is 4.74 Å². The van der Waals surface area contributed by atoms with Gasteiger partial charge in [0, 0.05) is 19.1 Å². The van der Waals surface area contributed by atoms with Gasteiger partial charge in [-0.15, -0.1) is 0 Å². The maximum atomic E-state index is 13.5. The summed E-state index contributed by atoms with van der Waals surface area (Å²) in [5.41, 5.74) is 0.772. The van der Waals surface area contributed by atoms with Crippen molar-refractivity contribution in [2.45, 2.75) is 31.0 Å². The molecule has 2 unspecified atom stereocenters. The summed E-state index contributed by atoms with van der Waals surface area (Å²) in [7, 11) is 2.00. The number of likely N-dealkylation sites (N-methyl/N-ethyl adjacent to an activating group) is 1. The molecule has 0 amide bonds. The number of benzene rings is 1. The van der Waals surface area contributed by atoms with Gasteiger partial charge in [-0.25, -0.2) is 8.78 Å². The quantitative estimate of drug-likeness (QED) is 0.915. The molecule has 2 aliphatic rings. The van der Waals surface area contributed by atoms with E-state index in [1.54, 1.807) is 6.07 Å². The Labute approximate surface area is 117 Å². The Kier molecular flexibility index (Phi) is 4.01. The summed E-state index contributed by atoms with van der Waals surface area (Å²) in [5, 5.41) is 3.45. The van der Waals surface area contributed by atoms with Crippen LogP contribution in [-0.2, 0) is 4.74 Å². The zero-order chi connectivity index (χ0) is 14.1. The first-order chi connectivity index (χ1) is 9.65. The zero-order valence-corrected chi connectivity index (χ0v) is 11.6. The summed E-state index contributed by atoms with van der Waals surface area (Å²) in [6.45, 7) is 2.22. The SMILES string of the molecule is CN1CCOC(CNC2CC2)C1c1ccc(F)c(F)c1. The largest absolute Gasteiger partial charge is 0.374 e. The number of nitrogens with zero attached hydrogens (tertiary/aromatic N) is 1. The topological polar surface area (TPSA) is 24.5 Å². The second-order valence-electron chi connectivity index (χ2n) is 5.69. The lowest BCUT2D eigenvalue weighted by atomic mass is 9.98. The fraction of sp³-hybridized carbons (Fsp3) is 0.600. The molecule has 1 aliphatic carbocycles. The zero-order valence-electron chi connectivity index (χ0n) is 11.6. The maximum absolute atomic E-state index is 13.5. The number of ether oxygens (including phenoxy) is 1. The molecule has 110 valence electrons. The minimum atomic E-state index is -0.805. The van der Waals surface area contributed by atoms with Gasteiger partial charge < -0.3 is 10.1 Å². The summed E-state index contributed by atoms with van der Waals surface area (Å²) < 4.78 is 32.4. The summed E-state index contributed by atoms with van der Waals surface area (Å²) in [6, 6.07) is 4.70. The van der Waals surface area contributed by atoms with Gasteiger partial charge in [-0.3, -0.25) is 4.90 Å². The molecule has 1 N–H and O–H groups in total. The van der Waals surface area contributed by atoms with Crippen LogP contribution in [0.2, 0.25) is 0 Å². The predicted molar refractivity (Wildman–Crippen MR) is 72.5 cm³/mol. The number of nitrogens with one attached hydrogen (secondary N) is 1. The van der Waals surface area contributed by atoms with E-state index in [-0.39, 0.29) is 12.1 Å². The number of morpholine rings is 1. The lowest BCUT2D eigenvalue weighted by Gasteiger charge is -2.39. The normalized spacial score (nSPS) is 27.8. The molecule has 0 bridgehead atoms. The lowest BCUT2D eigenvalue weighted by Crippen LogP contribution is -2.47. The standard InChI is InChI=1S/C15H20F2N2O/c1-19-6-7-20-14(9-18-11-3-4-11)15(19)10-2-5-12(16)13(17)8-10/h2,5,8,11,14-15,18H,3-4,6-7,9H2,1H3. The van der Waals surface area contributed by atoms with Crippen LogP contribution in [0.3, 0.4) is 0 Å². The average molecular weight is 282 g/mol. The molecule has 1 aliphatic heterocycles. The van der Waals surface area contributed by atoms with Crippen molar-refractivity contribution in [3.63, 3.8) is 0 Å². The highest BCUT2D eigenvalue weighted by atomic mass is 19.2. The smallest absolute Gasteiger partial charge is 0.159 e. The second-order valence-corrected chi connectivity index (χ2v) is 5.69. The van der Waals surface area contributed by atoms with Gasteiger partial charge in [-0.05, 0) is 37.6 Å². The molecule has 3 rings (SSSR count). The van der Waals surface area contributed by atoms with Gasteiger partial charge in [0.15, 0.2) is 11.6 Å². The van der Waals surface area contributed by atoms with E-state index >= 15 is 0 Å². The van der Waals surface area contributed by atoms with E-state index in [9.17, 15) is 8.78 Å². The molecule has 3 nitrogen and oxygen atoms in total.